The van der Waals surface area contributed by atoms with Gasteiger partial charge in [0.05, 0.1) is 10.2 Å². The van der Waals surface area contributed by atoms with Crippen molar-refractivity contribution >= 4 is 21.7 Å². The summed E-state index contributed by atoms with van der Waals surface area (Å²) in [4.78, 5) is 9.24. The molecule has 0 saturated heterocycles. The number of nitrogens with two attached hydrogens (primary N) is 1. The molecule has 4 heteroatoms. The number of anilines is 1. The third kappa shape index (κ3) is 3.22. The summed E-state index contributed by atoms with van der Waals surface area (Å²) in [5.41, 5.74) is 7.07. The van der Waals surface area contributed by atoms with E-state index in [1.807, 2.05) is 0 Å². The van der Waals surface area contributed by atoms with E-state index in [4.69, 9.17) is 10.7 Å². The number of nitrogen functional groups attached to an aromatic ring is 1. The maximum absolute atomic E-state index is 6.01. The number of rotatable bonds is 3. The van der Waals surface area contributed by atoms with E-state index >= 15 is 0 Å². The number of aromatic nitrogens is 2. The van der Waals surface area contributed by atoms with Crippen LogP contribution in [0.15, 0.2) is 4.47 Å². The summed E-state index contributed by atoms with van der Waals surface area (Å²) in [6, 6.07) is 0. The smallest absolute Gasteiger partial charge is 0.141 e. The fourth-order valence-electron chi connectivity index (χ4n) is 2.60. The van der Waals surface area contributed by atoms with E-state index in [2.05, 4.69) is 34.8 Å². The first kappa shape index (κ1) is 13.8. The molecule has 1 aliphatic rings. The molecule has 1 fully saturated rings. The zero-order valence-corrected chi connectivity index (χ0v) is 12.8. The fraction of sp³-hybridized carbons (Fsp3) is 0.714. The Balaban J connectivity index is 2.27. The van der Waals surface area contributed by atoms with Crippen molar-refractivity contribution in [3.05, 3.63) is 16.0 Å². The molecule has 2 N–H and O–H groups in total. The quantitative estimate of drug-likeness (QED) is 0.915. The van der Waals surface area contributed by atoms with E-state index in [9.17, 15) is 0 Å². The Morgan fingerprint density at radius 1 is 1.22 bits per heavy atom. The summed E-state index contributed by atoms with van der Waals surface area (Å²) < 4.78 is 0.885. The normalized spacial score (nSPS) is 17.3. The molecule has 3 nitrogen and oxygen atoms in total. The fourth-order valence-corrected chi connectivity index (χ4v) is 2.94. The summed E-state index contributed by atoms with van der Waals surface area (Å²) >= 11 is 3.52. The van der Waals surface area contributed by atoms with E-state index in [1.54, 1.807) is 0 Å². The maximum atomic E-state index is 6.01. The van der Waals surface area contributed by atoms with Crippen LogP contribution < -0.4 is 5.73 Å². The second-order valence-corrected chi connectivity index (χ2v) is 6.45. The van der Waals surface area contributed by atoms with Gasteiger partial charge in [0.15, 0.2) is 0 Å². The van der Waals surface area contributed by atoms with Crippen LogP contribution >= 0.6 is 15.9 Å². The van der Waals surface area contributed by atoms with Crippen LogP contribution in [0.25, 0.3) is 0 Å². The summed E-state index contributed by atoms with van der Waals surface area (Å²) in [7, 11) is 0. The molecule has 0 radical (unpaired) electrons. The van der Waals surface area contributed by atoms with Crippen LogP contribution in [0.3, 0.4) is 0 Å². The highest BCUT2D eigenvalue weighted by molar-refractivity contribution is 9.10. The van der Waals surface area contributed by atoms with Gasteiger partial charge in [-0.25, -0.2) is 9.97 Å². The molecule has 0 spiro atoms. The number of hydrogen-bond acceptors (Lipinski definition) is 3. The molecule has 1 aromatic rings. The second-order valence-electron chi connectivity index (χ2n) is 5.66. The van der Waals surface area contributed by atoms with Gasteiger partial charge in [-0.15, -0.1) is 0 Å². The van der Waals surface area contributed by atoms with Crippen LogP contribution in [0.1, 0.15) is 63.4 Å². The topological polar surface area (TPSA) is 51.8 Å². The average molecular weight is 312 g/mol. The van der Waals surface area contributed by atoms with Gasteiger partial charge < -0.3 is 5.73 Å². The summed E-state index contributed by atoms with van der Waals surface area (Å²) in [6.45, 7) is 4.40. The van der Waals surface area contributed by atoms with Crippen molar-refractivity contribution in [2.24, 2.45) is 5.92 Å². The minimum absolute atomic E-state index is 0.514. The molecule has 18 heavy (non-hydrogen) atoms. The van der Waals surface area contributed by atoms with Crippen molar-refractivity contribution < 1.29 is 0 Å². The number of hydrogen-bond donors (Lipinski definition) is 1. The SMILES string of the molecule is CC(C)Cc1nc(C2CCCCC2)nc(N)c1Br. The van der Waals surface area contributed by atoms with Gasteiger partial charge in [-0.3, -0.25) is 0 Å². The van der Waals surface area contributed by atoms with Gasteiger partial charge in [-0.05, 0) is 41.1 Å². The third-order valence-electron chi connectivity index (χ3n) is 3.53. The minimum atomic E-state index is 0.514. The van der Waals surface area contributed by atoms with Gasteiger partial charge in [0.1, 0.15) is 11.6 Å². The first-order valence-electron chi connectivity index (χ1n) is 6.89. The van der Waals surface area contributed by atoms with Crippen LogP contribution in [0.4, 0.5) is 5.82 Å². The highest BCUT2D eigenvalue weighted by Crippen LogP contribution is 2.33. The highest BCUT2D eigenvalue weighted by atomic mass is 79.9. The zero-order chi connectivity index (χ0) is 13.1. The van der Waals surface area contributed by atoms with Gasteiger partial charge in [0.25, 0.3) is 0 Å². The number of halogens is 1. The Hall–Kier alpha value is -0.640. The molecule has 100 valence electrons. The molecule has 0 unspecified atom stereocenters. The molecule has 0 aromatic carbocycles. The summed E-state index contributed by atoms with van der Waals surface area (Å²) in [5, 5.41) is 0. The standard InChI is InChI=1S/C14H22BrN3/c1-9(2)8-11-12(15)13(16)18-14(17-11)10-6-4-3-5-7-10/h9-10H,3-8H2,1-2H3,(H2,16,17,18). The van der Waals surface area contributed by atoms with Gasteiger partial charge in [-0.2, -0.15) is 0 Å². The van der Waals surface area contributed by atoms with Crippen LogP contribution in [-0.2, 0) is 6.42 Å². The Morgan fingerprint density at radius 2 is 1.89 bits per heavy atom. The lowest BCUT2D eigenvalue weighted by molar-refractivity contribution is 0.427. The Bertz CT molecular complexity index is 412. The van der Waals surface area contributed by atoms with Crippen LogP contribution in [0.2, 0.25) is 0 Å². The van der Waals surface area contributed by atoms with E-state index < -0.39 is 0 Å². The van der Waals surface area contributed by atoms with Gasteiger partial charge in [-0.1, -0.05) is 33.1 Å². The lowest BCUT2D eigenvalue weighted by atomic mass is 9.88. The van der Waals surface area contributed by atoms with Crippen molar-refractivity contribution in [3.8, 4) is 0 Å². The average Bonchev–Trinajstić information content (AvgIpc) is 2.35. The predicted octanol–water partition coefficient (Wildman–Crippen LogP) is 4.07. The lowest BCUT2D eigenvalue weighted by Crippen LogP contribution is -2.13. The molecule has 0 amide bonds. The Labute approximate surface area is 118 Å². The summed E-state index contributed by atoms with van der Waals surface area (Å²) in [6.07, 6.45) is 7.31. The molecule has 1 aromatic heterocycles. The molecule has 1 saturated carbocycles. The Kier molecular flexibility index (Phi) is 4.60. The molecular formula is C14H22BrN3. The van der Waals surface area contributed by atoms with E-state index in [0.717, 1.165) is 22.4 Å². The van der Waals surface area contributed by atoms with Crippen molar-refractivity contribution in [1.82, 2.24) is 9.97 Å². The van der Waals surface area contributed by atoms with Crippen LogP contribution in [0, 0.1) is 5.92 Å². The number of nitrogens with zero attached hydrogens (tertiary/aromatic N) is 2. The first-order valence-corrected chi connectivity index (χ1v) is 7.69. The first-order chi connectivity index (χ1) is 8.58. The van der Waals surface area contributed by atoms with Gasteiger partial charge in [0, 0.05) is 5.92 Å². The summed E-state index contributed by atoms with van der Waals surface area (Å²) in [5.74, 6) is 2.65. The predicted molar refractivity (Wildman–Crippen MR) is 78.5 cm³/mol. The minimum Gasteiger partial charge on any atom is -0.383 e. The largest absolute Gasteiger partial charge is 0.383 e. The molecule has 2 rings (SSSR count). The van der Waals surface area contributed by atoms with E-state index in [1.165, 1.54) is 32.1 Å². The van der Waals surface area contributed by atoms with Crippen molar-refractivity contribution in [3.63, 3.8) is 0 Å². The van der Waals surface area contributed by atoms with Gasteiger partial charge >= 0.3 is 0 Å². The highest BCUT2D eigenvalue weighted by Gasteiger charge is 2.21. The molecule has 0 atom stereocenters. The Morgan fingerprint density at radius 3 is 2.50 bits per heavy atom. The monoisotopic (exact) mass is 311 g/mol. The zero-order valence-electron chi connectivity index (χ0n) is 11.2. The van der Waals surface area contributed by atoms with Crippen LogP contribution in [-0.4, -0.2) is 9.97 Å². The lowest BCUT2D eigenvalue weighted by Gasteiger charge is -2.21. The van der Waals surface area contributed by atoms with Crippen molar-refractivity contribution in [2.75, 3.05) is 5.73 Å². The third-order valence-corrected chi connectivity index (χ3v) is 4.40. The molecule has 0 bridgehead atoms. The van der Waals surface area contributed by atoms with E-state index in [0.29, 0.717) is 17.7 Å². The molecule has 0 aliphatic heterocycles. The van der Waals surface area contributed by atoms with Crippen LogP contribution in [0.5, 0.6) is 0 Å². The molecule has 1 heterocycles. The van der Waals surface area contributed by atoms with Gasteiger partial charge in [0.2, 0.25) is 0 Å². The van der Waals surface area contributed by atoms with E-state index in [-0.39, 0.29) is 0 Å². The van der Waals surface area contributed by atoms with Crippen molar-refractivity contribution in [2.45, 2.75) is 58.3 Å². The second kappa shape index (κ2) is 6.00. The molecular weight excluding hydrogens is 290 g/mol. The van der Waals surface area contributed by atoms with Crippen molar-refractivity contribution in [1.29, 1.82) is 0 Å². The maximum Gasteiger partial charge on any atom is 0.141 e. The molecule has 1 aliphatic carbocycles.